The summed E-state index contributed by atoms with van der Waals surface area (Å²) < 4.78 is 0. The summed E-state index contributed by atoms with van der Waals surface area (Å²) in [5.41, 5.74) is -0.975. The van der Waals surface area contributed by atoms with Crippen molar-refractivity contribution < 1.29 is 19.7 Å². The third-order valence-corrected chi connectivity index (χ3v) is 2.67. The minimum absolute atomic E-state index is 0.00806. The molecule has 21 heavy (non-hydrogen) atoms. The number of rotatable bonds is 4. The molecule has 1 aromatic heterocycles. The fourth-order valence-electron chi connectivity index (χ4n) is 1.71. The number of hydrogen-bond acceptors (Lipinski definition) is 6. The van der Waals surface area contributed by atoms with Crippen LogP contribution in [0.15, 0.2) is 36.5 Å². The Kier molecular flexibility index (Phi) is 3.57. The second kappa shape index (κ2) is 5.33. The Morgan fingerprint density at radius 1 is 1.10 bits per heavy atom. The lowest BCUT2D eigenvalue weighted by atomic mass is 10.1. The summed E-state index contributed by atoms with van der Waals surface area (Å²) in [6, 6.07) is 5.48. The molecule has 0 aliphatic rings. The number of nitro groups is 2. The van der Waals surface area contributed by atoms with Crippen molar-refractivity contribution in [3.8, 4) is 11.3 Å². The van der Waals surface area contributed by atoms with E-state index in [1.165, 1.54) is 18.3 Å². The first-order chi connectivity index (χ1) is 9.90. The zero-order valence-electron chi connectivity index (χ0n) is 10.3. The fraction of sp³-hybridized carbons (Fsp3) is 0. The van der Waals surface area contributed by atoms with E-state index < -0.39 is 27.2 Å². The van der Waals surface area contributed by atoms with Gasteiger partial charge in [0.15, 0.2) is 0 Å². The Balaban J connectivity index is 2.63. The van der Waals surface area contributed by atoms with E-state index in [1.807, 2.05) is 0 Å². The molecular weight excluding hydrogens is 282 g/mol. The van der Waals surface area contributed by atoms with Gasteiger partial charge in [0, 0.05) is 12.3 Å². The van der Waals surface area contributed by atoms with Gasteiger partial charge in [-0.2, -0.15) is 0 Å². The van der Waals surface area contributed by atoms with Crippen molar-refractivity contribution in [2.45, 2.75) is 0 Å². The zero-order valence-corrected chi connectivity index (χ0v) is 10.3. The van der Waals surface area contributed by atoms with Crippen LogP contribution in [0.4, 0.5) is 11.4 Å². The Labute approximate surface area is 116 Å². The normalized spacial score (nSPS) is 10.1. The predicted octanol–water partition coefficient (Wildman–Crippen LogP) is 2.26. The van der Waals surface area contributed by atoms with Gasteiger partial charge in [0.1, 0.15) is 0 Å². The van der Waals surface area contributed by atoms with Gasteiger partial charge in [-0.3, -0.25) is 25.2 Å². The first kappa shape index (κ1) is 14.1. The molecule has 0 bridgehead atoms. The number of non-ortho nitro benzene ring substituents is 1. The average molecular weight is 289 g/mol. The third kappa shape index (κ3) is 2.81. The Hall–Kier alpha value is -3.36. The molecule has 0 amide bonds. The number of nitro benzene ring substituents is 2. The molecule has 106 valence electrons. The molecule has 0 saturated heterocycles. The summed E-state index contributed by atoms with van der Waals surface area (Å²) in [5, 5.41) is 30.6. The molecule has 0 spiro atoms. The van der Waals surface area contributed by atoms with Crippen LogP contribution in [-0.2, 0) is 0 Å². The summed E-state index contributed by atoms with van der Waals surface area (Å²) in [4.78, 5) is 34.9. The number of carbonyl (C=O) groups is 1. The molecular formula is C12H7N3O6. The van der Waals surface area contributed by atoms with Gasteiger partial charge in [-0.1, -0.05) is 0 Å². The smallest absolute Gasteiger partial charge is 0.335 e. The van der Waals surface area contributed by atoms with Crippen molar-refractivity contribution in [2.24, 2.45) is 0 Å². The fourth-order valence-corrected chi connectivity index (χ4v) is 1.71. The molecule has 0 atom stereocenters. The number of aromatic nitrogens is 1. The third-order valence-electron chi connectivity index (χ3n) is 2.67. The summed E-state index contributed by atoms with van der Waals surface area (Å²) in [6.07, 6.45) is 1.20. The van der Waals surface area contributed by atoms with E-state index in [0.717, 1.165) is 18.2 Å². The lowest BCUT2D eigenvalue weighted by molar-refractivity contribution is -0.393. The van der Waals surface area contributed by atoms with Crippen LogP contribution < -0.4 is 0 Å². The summed E-state index contributed by atoms with van der Waals surface area (Å²) >= 11 is 0. The summed E-state index contributed by atoms with van der Waals surface area (Å²) in [6.45, 7) is 0. The van der Waals surface area contributed by atoms with Crippen molar-refractivity contribution in [3.05, 3.63) is 62.3 Å². The van der Waals surface area contributed by atoms with Gasteiger partial charge in [-0.25, -0.2) is 4.79 Å². The minimum Gasteiger partial charge on any atom is -0.478 e. The molecule has 1 N–H and O–H groups in total. The molecule has 0 saturated carbocycles. The van der Waals surface area contributed by atoms with Crippen molar-refractivity contribution >= 4 is 17.3 Å². The topological polar surface area (TPSA) is 136 Å². The molecule has 9 nitrogen and oxygen atoms in total. The van der Waals surface area contributed by atoms with Crippen LogP contribution in [0.5, 0.6) is 0 Å². The lowest BCUT2D eigenvalue weighted by Gasteiger charge is -2.03. The van der Waals surface area contributed by atoms with Crippen LogP contribution >= 0.6 is 0 Å². The number of carboxylic acids is 1. The molecule has 0 radical (unpaired) electrons. The molecule has 0 unspecified atom stereocenters. The van der Waals surface area contributed by atoms with E-state index in [9.17, 15) is 25.0 Å². The molecule has 0 aliphatic carbocycles. The maximum atomic E-state index is 11.0. The Bertz CT molecular complexity index is 758. The van der Waals surface area contributed by atoms with Gasteiger partial charge in [0.25, 0.3) is 11.4 Å². The van der Waals surface area contributed by atoms with Gasteiger partial charge >= 0.3 is 5.97 Å². The number of pyridine rings is 1. The van der Waals surface area contributed by atoms with Crippen molar-refractivity contribution in [1.29, 1.82) is 0 Å². The molecule has 1 aromatic carbocycles. The second-order valence-electron chi connectivity index (χ2n) is 3.95. The number of aromatic carboxylic acids is 1. The molecule has 2 aromatic rings. The van der Waals surface area contributed by atoms with Gasteiger partial charge in [-0.15, -0.1) is 0 Å². The quantitative estimate of drug-likeness (QED) is 0.673. The minimum atomic E-state index is -1.21. The standard InChI is InChI=1S/C12H7N3O6/c16-12(17)7-3-4-13-10(5-7)9-2-1-8(14(18)19)6-11(9)15(20)21/h1-6H,(H,16,17). The monoisotopic (exact) mass is 289 g/mol. The first-order valence-electron chi connectivity index (χ1n) is 5.52. The van der Waals surface area contributed by atoms with E-state index in [-0.39, 0.29) is 16.8 Å². The number of nitrogens with zero attached hydrogens (tertiary/aromatic N) is 3. The molecule has 1 heterocycles. The van der Waals surface area contributed by atoms with Gasteiger partial charge in [-0.05, 0) is 18.2 Å². The number of hydrogen-bond donors (Lipinski definition) is 1. The van der Waals surface area contributed by atoms with E-state index in [1.54, 1.807) is 0 Å². The highest BCUT2D eigenvalue weighted by molar-refractivity contribution is 5.89. The van der Waals surface area contributed by atoms with Gasteiger partial charge in [0.05, 0.1) is 32.7 Å². The summed E-state index contributed by atoms with van der Waals surface area (Å²) in [5.74, 6) is -1.21. The predicted molar refractivity (Wildman–Crippen MR) is 69.9 cm³/mol. The lowest BCUT2D eigenvalue weighted by Crippen LogP contribution is -1.99. The average Bonchev–Trinajstić information content (AvgIpc) is 2.46. The van der Waals surface area contributed by atoms with E-state index in [2.05, 4.69) is 4.98 Å². The summed E-state index contributed by atoms with van der Waals surface area (Å²) in [7, 11) is 0. The van der Waals surface area contributed by atoms with E-state index in [0.29, 0.717) is 0 Å². The van der Waals surface area contributed by atoms with Crippen molar-refractivity contribution in [1.82, 2.24) is 4.98 Å². The number of carboxylic acid groups (broad SMARTS) is 1. The van der Waals surface area contributed by atoms with E-state index >= 15 is 0 Å². The number of benzene rings is 1. The van der Waals surface area contributed by atoms with Gasteiger partial charge in [0.2, 0.25) is 0 Å². The van der Waals surface area contributed by atoms with Crippen LogP contribution in [0, 0.1) is 20.2 Å². The zero-order chi connectivity index (χ0) is 15.6. The van der Waals surface area contributed by atoms with Gasteiger partial charge < -0.3 is 5.11 Å². The Morgan fingerprint density at radius 3 is 2.38 bits per heavy atom. The largest absolute Gasteiger partial charge is 0.478 e. The van der Waals surface area contributed by atoms with Crippen LogP contribution in [0.25, 0.3) is 11.3 Å². The maximum Gasteiger partial charge on any atom is 0.335 e. The molecule has 0 aliphatic heterocycles. The SMILES string of the molecule is O=C(O)c1ccnc(-c2ccc([N+](=O)[O-])cc2[N+](=O)[O-])c1. The van der Waals surface area contributed by atoms with Crippen LogP contribution in [0.1, 0.15) is 10.4 Å². The van der Waals surface area contributed by atoms with Crippen LogP contribution in [0.3, 0.4) is 0 Å². The maximum absolute atomic E-state index is 11.0. The van der Waals surface area contributed by atoms with Crippen LogP contribution in [0.2, 0.25) is 0 Å². The highest BCUT2D eigenvalue weighted by Crippen LogP contribution is 2.32. The highest BCUT2D eigenvalue weighted by Gasteiger charge is 2.21. The van der Waals surface area contributed by atoms with E-state index in [4.69, 9.17) is 5.11 Å². The highest BCUT2D eigenvalue weighted by atomic mass is 16.6. The molecule has 9 heteroatoms. The van der Waals surface area contributed by atoms with Crippen molar-refractivity contribution in [2.75, 3.05) is 0 Å². The Morgan fingerprint density at radius 2 is 1.81 bits per heavy atom. The molecule has 2 rings (SSSR count). The molecule has 0 fully saturated rings. The first-order valence-corrected chi connectivity index (χ1v) is 5.52. The van der Waals surface area contributed by atoms with Crippen LogP contribution in [-0.4, -0.2) is 25.9 Å². The second-order valence-corrected chi connectivity index (χ2v) is 3.95. The van der Waals surface area contributed by atoms with Crippen molar-refractivity contribution in [3.63, 3.8) is 0 Å².